The molecule has 2 aromatic rings. The standard InChI is InChI=1S/C16H17FN2O4S2/c17-13-6-4-12(5-7-13)11-18-24(20,21)15-2-1-3-16(10-15)25(22,23)19-14-8-9-14/h1-7,10,14,18-19H,8-9,11H2. The van der Waals surface area contributed by atoms with Crippen LogP contribution in [0.15, 0.2) is 58.3 Å². The van der Waals surface area contributed by atoms with Crippen molar-refractivity contribution < 1.29 is 21.2 Å². The van der Waals surface area contributed by atoms with Crippen LogP contribution in [0.4, 0.5) is 4.39 Å². The van der Waals surface area contributed by atoms with Gasteiger partial charge in [0.15, 0.2) is 0 Å². The molecule has 0 unspecified atom stereocenters. The molecule has 3 rings (SSSR count). The molecule has 0 atom stereocenters. The van der Waals surface area contributed by atoms with Gasteiger partial charge in [0.05, 0.1) is 9.79 Å². The van der Waals surface area contributed by atoms with E-state index in [2.05, 4.69) is 9.44 Å². The summed E-state index contributed by atoms with van der Waals surface area (Å²) >= 11 is 0. The van der Waals surface area contributed by atoms with Gasteiger partial charge in [-0.1, -0.05) is 18.2 Å². The molecule has 9 heteroatoms. The normalized spacial score (nSPS) is 15.2. The lowest BCUT2D eigenvalue weighted by Gasteiger charge is -2.10. The van der Waals surface area contributed by atoms with Gasteiger partial charge in [-0.3, -0.25) is 0 Å². The highest BCUT2D eigenvalue weighted by atomic mass is 32.2. The molecule has 0 saturated heterocycles. The number of halogens is 1. The summed E-state index contributed by atoms with van der Waals surface area (Å²) in [5.74, 6) is -0.410. The molecule has 6 nitrogen and oxygen atoms in total. The Morgan fingerprint density at radius 1 is 0.920 bits per heavy atom. The van der Waals surface area contributed by atoms with Crippen molar-refractivity contribution in [3.63, 3.8) is 0 Å². The van der Waals surface area contributed by atoms with Crippen molar-refractivity contribution in [2.75, 3.05) is 0 Å². The average Bonchev–Trinajstić information content (AvgIpc) is 3.38. The first-order valence-corrected chi connectivity index (χ1v) is 10.6. The largest absolute Gasteiger partial charge is 0.240 e. The monoisotopic (exact) mass is 384 g/mol. The van der Waals surface area contributed by atoms with Crippen LogP contribution in [0.25, 0.3) is 0 Å². The van der Waals surface area contributed by atoms with E-state index in [0.717, 1.165) is 18.9 Å². The van der Waals surface area contributed by atoms with Gasteiger partial charge in [0.1, 0.15) is 5.82 Å². The van der Waals surface area contributed by atoms with Crippen molar-refractivity contribution in [1.29, 1.82) is 0 Å². The average molecular weight is 384 g/mol. The van der Waals surface area contributed by atoms with Gasteiger partial charge in [0.25, 0.3) is 0 Å². The maximum Gasteiger partial charge on any atom is 0.240 e. The van der Waals surface area contributed by atoms with E-state index in [1.54, 1.807) is 0 Å². The van der Waals surface area contributed by atoms with E-state index >= 15 is 0 Å². The molecule has 1 aliphatic carbocycles. The van der Waals surface area contributed by atoms with Gasteiger partial charge < -0.3 is 0 Å². The van der Waals surface area contributed by atoms with Crippen LogP contribution >= 0.6 is 0 Å². The first-order valence-electron chi connectivity index (χ1n) is 7.63. The maximum atomic E-state index is 12.9. The molecular formula is C16H17FN2O4S2. The van der Waals surface area contributed by atoms with Crippen LogP contribution < -0.4 is 9.44 Å². The van der Waals surface area contributed by atoms with Gasteiger partial charge in [0.2, 0.25) is 20.0 Å². The molecular weight excluding hydrogens is 367 g/mol. The lowest BCUT2D eigenvalue weighted by Crippen LogP contribution is -2.27. The Hall–Kier alpha value is -1.81. The Kier molecular flexibility index (Phi) is 4.92. The predicted octanol–water partition coefficient (Wildman–Crippen LogP) is 1.74. The summed E-state index contributed by atoms with van der Waals surface area (Å²) in [5, 5.41) is 0. The third kappa shape index (κ3) is 4.63. The van der Waals surface area contributed by atoms with Crippen molar-refractivity contribution in [1.82, 2.24) is 9.44 Å². The number of nitrogens with one attached hydrogen (secondary N) is 2. The molecule has 2 N–H and O–H groups in total. The molecule has 1 aliphatic rings. The van der Waals surface area contributed by atoms with Crippen molar-refractivity contribution in [2.24, 2.45) is 0 Å². The number of hydrogen-bond acceptors (Lipinski definition) is 4. The van der Waals surface area contributed by atoms with Gasteiger partial charge in [-0.15, -0.1) is 0 Å². The molecule has 0 amide bonds. The third-order valence-corrected chi connectivity index (χ3v) is 6.62. The van der Waals surface area contributed by atoms with Crippen molar-refractivity contribution in [2.45, 2.75) is 35.2 Å². The molecule has 0 bridgehead atoms. The highest BCUT2D eigenvalue weighted by Crippen LogP contribution is 2.23. The van der Waals surface area contributed by atoms with E-state index in [-0.39, 0.29) is 22.4 Å². The molecule has 1 fully saturated rings. The fourth-order valence-corrected chi connectivity index (χ4v) is 4.65. The second kappa shape index (κ2) is 6.83. The number of hydrogen-bond donors (Lipinski definition) is 2. The van der Waals surface area contributed by atoms with E-state index in [4.69, 9.17) is 0 Å². The maximum absolute atomic E-state index is 12.9. The smallest absolute Gasteiger partial charge is 0.208 e. The van der Waals surface area contributed by atoms with Crippen LogP contribution in [0.1, 0.15) is 18.4 Å². The molecule has 0 spiro atoms. The van der Waals surface area contributed by atoms with Crippen molar-refractivity contribution in [3.8, 4) is 0 Å². The quantitative estimate of drug-likeness (QED) is 0.761. The van der Waals surface area contributed by atoms with Gasteiger partial charge in [0, 0.05) is 12.6 Å². The molecule has 2 aromatic carbocycles. The molecule has 1 saturated carbocycles. The second-order valence-corrected chi connectivity index (χ2v) is 9.30. The minimum Gasteiger partial charge on any atom is -0.208 e. The Morgan fingerprint density at radius 2 is 1.52 bits per heavy atom. The van der Waals surface area contributed by atoms with Crippen molar-refractivity contribution >= 4 is 20.0 Å². The van der Waals surface area contributed by atoms with Crippen LogP contribution in [-0.4, -0.2) is 22.9 Å². The zero-order chi connectivity index (χ0) is 18.1. The van der Waals surface area contributed by atoms with Gasteiger partial charge in [-0.05, 0) is 48.7 Å². The minimum atomic E-state index is -3.90. The molecule has 134 valence electrons. The summed E-state index contributed by atoms with van der Waals surface area (Å²) in [6.45, 7) is -0.0279. The zero-order valence-electron chi connectivity index (χ0n) is 13.1. The van der Waals surface area contributed by atoms with Crippen LogP contribution in [0, 0.1) is 5.82 Å². The predicted molar refractivity (Wildman–Crippen MR) is 90.2 cm³/mol. The number of benzene rings is 2. The lowest BCUT2D eigenvalue weighted by atomic mass is 10.2. The van der Waals surface area contributed by atoms with Crippen LogP contribution in [0.5, 0.6) is 0 Å². The third-order valence-electron chi connectivity index (χ3n) is 3.70. The Labute approximate surface area is 146 Å². The Bertz CT molecular complexity index is 969. The summed E-state index contributed by atoms with van der Waals surface area (Å²) in [7, 11) is -7.64. The first kappa shape index (κ1) is 18.0. The zero-order valence-corrected chi connectivity index (χ0v) is 14.8. The summed E-state index contributed by atoms with van der Waals surface area (Å²) < 4.78 is 67.0. The van der Waals surface area contributed by atoms with E-state index in [1.165, 1.54) is 42.5 Å². The topological polar surface area (TPSA) is 92.3 Å². The van der Waals surface area contributed by atoms with Crippen LogP contribution in [0.2, 0.25) is 0 Å². The van der Waals surface area contributed by atoms with E-state index < -0.39 is 25.9 Å². The molecule has 0 aromatic heterocycles. The molecule has 0 heterocycles. The Balaban J connectivity index is 1.77. The fraction of sp³-hybridized carbons (Fsp3) is 0.250. The van der Waals surface area contributed by atoms with Crippen LogP contribution in [-0.2, 0) is 26.6 Å². The second-order valence-electron chi connectivity index (χ2n) is 5.82. The summed E-state index contributed by atoms with van der Waals surface area (Å²) in [4.78, 5) is -0.239. The SMILES string of the molecule is O=S(=O)(NCc1ccc(F)cc1)c1cccc(S(=O)(=O)NC2CC2)c1. The fourth-order valence-electron chi connectivity index (χ4n) is 2.16. The van der Waals surface area contributed by atoms with Crippen LogP contribution in [0.3, 0.4) is 0 Å². The molecule has 0 radical (unpaired) electrons. The van der Waals surface area contributed by atoms with Gasteiger partial charge in [-0.2, -0.15) is 0 Å². The summed E-state index contributed by atoms with van der Waals surface area (Å²) in [6, 6.07) is 10.5. The van der Waals surface area contributed by atoms with Gasteiger partial charge >= 0.3 is 0 Å². The highest BCUT2D eigenvalue weighted by Gasteiger charge is 2.28. The van der Waals surface area contributed by atoms with E-state index in [9.17, 15) is 21.2 Å². The number of sulfonamides is 2. The van der Waals surface area contributed by atoms with Gasteiger partial charge in [-0.25, -0.2) is 30.7 Å². The van der Waals surface area contributed by atoms with Crippen molar-refractivity contribution in [3.05, 3.63) is 59.9 Å². The number of rotatable bonds is 7. The minimum absolute atomic E-state index is 0.0279. The van der Waals surface area contributed by atoms with E-state index in [0.29, 0.717) is 5.56 Å². The summed E-state index contributed by atoms with van der Waals surface area (Å²) in [5.41, 5.74) is 0.587. The lowest BCUT2D eigenvalue weighted by molar-refractivity contribution is 0.579. The summed E-state index contributed by atoms with van der Waals surface area (Å²) in [6.07, 6.45) is 1.58. The van der Waals surface area contributed by atoms with E-state index in [1.807, 2.05) is 0 Å². The molecule has 25 heavy (non-hydrogen) atoms. The highest BCUT2D eigenvalue weighted by molar-refractivity contribution is 7.90. The Morgan fingerprint density at radius 3 is 2.12 bits per heavy atom. The first-order chi connectivity index (χ1) is 11.8. The molecule has 0 aliphatic heterocycles.